The number of hydrogen-bond donors (Lipinski definition) is 21. The van der Waals surface area contributed by atoms with Crippen molar-refractivity contribution < 1.29 is 57.5 Å². The van der Waals surface area contributed by atoms with E-state index in [9.17, 15) is 76.7 Å². The Morgan fingerprint density at radius 2 is 0.706 bits per heavy atom. The molecule has 12 amide bonds. The van der Waals surface area contributed by atoms with E-state index < -0.39 is 203 Å². The van der Waals surface area contributed by atoms with Crippen molar-refractivity contribution in [3.8, 4) is 0 Å². The van der Waals surface area contributed by atoms with Gasteiger partial charge < -0.3 is 101 Å². The standard InChI is InChI=1S/C95H102N28O20/c1-119(89(139)71(46-120-44-39-73(125)118-92(120)140)114-80(130)67(37-19-43-104-91(99)100)109-74(126)45-105-85(135)77-53-23-4-11-30-60(53)107-61-31-12-5-24-54(61)77)50-75(127)110-68(47-121-86(136)55-25-6-13-32-62(55)115-93(121)141)81(131)112-70(49-123-88(138)57-27-8-15-34-64(57)117-95(123)143)83(133)113-69(48-122-87(137)56-26-7-14-33-63(56)116-94(122)142)82(132)111-66(36-18-42-103-90(97)98)79(129)101-41-20-38-72(124)108-65(78(96)128)35-16-17-40-102-84(134)76-51-21-2-9-28-58(51)106-59-29-10-3-22-52(59)76/h2-15,21-34,39,44,65-71H,16-20,35-38,40-43,45-50H2,1H3,(H2,96,128)(H,101,129)(H,102,134)(H,105,135)(H,108,124)(H,109,126)(H,110,127)(H,111,132)(H,112,131)(H,113,133)(H,114,130)(H,115,141)(H,116,142)(H,117,143)(H4,97,98,103)(H4,99,100,104)(H,118,125,140)/t65-,66-,67-,68+,69+,70+,71+/m0/s1. The van der Waals surface area contributed by atoms with Gasteiger partial charge in [0.15, 0.2) is 11.9 Å². The third kappa shape index (κ3) is 25.9. The molecule has 143 heavy (non-hydrogen) atoms. The number of rotatable bonds is 45. The van der Waals surface area contributed by atoms with Gasteiger partial charge in [0.2, 0.25) is 59.1 Å². The Kier molecular flexibility index (Phi) is 33.6. The Labute approximate surface area is 806 Å². The number of guanidine groups is 2. The monoisotopic (exact) mass is 1950 g/mol. The Morgan fingerprint density at radius 1 is 0.350 bits per heavy atom. The highest BCUT2D eigenvalue weighted by Gasteiger charge is 2.37. The molecule has 0 aliphatic carbocycles. The summed E-state index contributed by atoms with van der Waals surface area (Å²) in [5, 5.41) is 47.8. The minimum Gasteiger partial charge on any atom is -0.370 e. The van der Waals surface area contributed by atoms with Crippen molar-refractivity contribution in [2.45, 2.75) is 126 Å². The molecule has 0 saturated carbocycles. The van der Waals surface area contributed by atoms with E-state index in [1.807, 2.05) is 17.1 Å². The third-order valence-corrected chi connectivity index (χ3v) is 23.4. The number of amides is 12. The first-order valence-corrected chi connectivity index (χ1v) is 45.3. The molecule has 742 valence electrons. The fourth-order valence-corrected chi connectivity index (χ4v) is 16.2. The summed E-state index contributed by atoms with van der Waals surface area (Å²) < 4.78 is 2.23. The lowest BCUT2D eigenvalue weighted by Gasteiger charge is -2.28. The van der Waals surface area contributed by atoms with E-state index in [2.05, 4.69) is 88.7 Å². The first-order valence-electron chi connectivity index (χ1n) is 45.3. The van der Waals surface area contributed by atoms with Gasteiger partial charge in [0.25, 0.3) is 34.1 Å². The second-order valence-corrected chi connectivity index (χ2v) is 33.5. The summed E-state index contributed by atoms with van der Waals surface area (Å²) in [4.78, 5) is 306. The molecule has 48 nitrogen and oxygen atoms in total. The van der Waals surface area contributed by atoms with E-state index in [-0.39, 0.29) is 115 Å². The van der Waals surface area contributed by atoms with E-state index in [4.69, 9.17) is 28.0 Å². The average Bonchev–Trinajstić information content (AvgIpc) is 0.766. The Bertz CT molecular complexity index is 7590. The molecule has 0 bridgehead atoms. The number of primary amides is 1. The van der Waals surface area contributed by atoms with Gasteiger partial charge in [-0.05, 0) is 112 Å². The van der Waals surface area contributed by atoms with Crippen LogP contribution in [0.15, 0.2) is 220 Å². The molecule has 13 rings (SSSR count). The average molecular weight is 1960 g/mol. The molecule has 0 aliphatic heterocycles. The van der Waals surface area contributed by atoms with Gasteiger partial charge >= 0.3 is 22.8 Å². The predicted octanol–water partition coefficient (Wildman–Crippen LogP) is -3.16. The number of likely N-dealkylation sites (N-methyl/N-ethyl adjacent to an activating group) is 1. The highest BCUT2D eigenvalue weighted by molar-refractivity contribution is 6.18. The van der Waals surface area contributed by atoms with Gasteiger partial charge in [-0.2, -0.15) is 0 Å². The highest BCUT2D eigenvalue weighted by atomic mass is 16.2. The SMILES string of the molecule is CN(CC(=O)N[C@H](Cn1c(=O)[nH]c2ccccc2c1=O)C(=O)N[C@H](Cn1c(=O)[nH]c2ccccc2c1=O)C(=O)N[C@H](Cn1c(=O)[nH]c2ccccc2c1=O)C(=O)N[C@@H](CCCNC(=N)N)C(=O)NCCCC(=O)N[C@@H](CCCCNC(=O)c1c2ccccc2nc2ccccc12)C(N)=O)C(=O)[C@@H](Cn1ccc(=O)[nH]c1=O)NC(=O)[C@H](CCCNC(=N)N)NC(=O)CNC(=O)c1c2ccccc2nc2ccccc12. The summed E-state index contributed by atoms with van der Waals surface area (Å²) in [6.45, 7) is -6.45. The van der Waals surface area contributed by atoms with Crippen LogP contribution in [0.3, 0.4) is 0 Å². The van der Waals surface area contributed by atoms with Crippen molar-refractivity contribution in [3.05, 3.63) is 277 Å². The Morgan fingerprint density at radius 3 is 1.14 bits per heavy atom. The largest absolute Gasteiger partial charge is 0.370 e. The van der Waals surface area contributed by atoms with Crippen LogP contribution in [0.5, 0.6) is 0 Å². The normalized spacial score (nSPS) is 12.7. The molecule has 7 atom stereocenters. The number of aromatic nitrogens is 10. The van der Waals surface area contributed by atoms with Crippen molar-refractivity contribution in [2.24, 2.45) is 17.2 Å². The summed E-state index contributed by atoms with van der Waals surface area (Å²) in [6, 6.07) is 32.4. The lowest BCUT2D eigenvalue weighted by atomic mass is 10.0. The molecule has 6 aromatic heterocycles. The number of carbonyl (C=O) groups is 12. The molecular weight excluding hydrogens is 1850 g/mol. The number of nitrogens with two attached hydrogens (primary N) is 3. The van der Waals surface area contributed by atoms with E-state index in [0.717, 1.165) is 23.9 Å². The zero-order valence-electron chi connectivity index (χ0n) is 76.8. The minimum absolute atomic E-state index is 0.00138. The molecule has 0 fully saturated rings. The van der Waals surface area contributed by atoms with Crippen LogP contribution in [0.1, 0.15) is 78.5 Å². The maximum atomic E-state index is 15.8. The molecule has 24 N–H and O–H groups in total. The number of hydrogen-bond acceptors (Lipinski definition) is 24. The van der Waals surface area contributed by atoms with Crippen LogP contribution in [-0.4, -0.2) is 224 Å². The number of para-hydroxylation sites is 7. The van der Waals surface area contributed by atoms with Gasteiger partial charge in [0.1, 0.15) is 42.3 Å². The van der Waals surface area contributed by atoms with Crippen LogP contribution in [0.25, 0.3) is 76.3 Å². The lowest BCUT2D eigenvalue weighted by Crippen LogP contribution is -2.62. The van der Waals surface area contributed by atoms with Gasteiger partial charge in [-0.15, -0.1) is 0 Å². The maximum absolute atomic E-state index is 15.8. The first kappa shape index (κ1) is 102. The maximum Gasteiger partial charge on any atom is 0.328 e. The second-order valence-electron chi connectivity index (χ2n) is 33.5. The predicted molar refractivity (Wildman–Crippen MR) is 526 cm³/mol. The zero-order chi connectivity index (χ0) is 102. The van der Waals surface area contributed by atoms with Gasteiger partial charge in [-0.3, -0.25) is 111 Å². The van der Waals surface area contributed by atoms with Crippen LogP contribution in [0.2, 0.25) is 0 Å². The van der Waals surface area contributed by atoms with Gasteiger partial charge in [0, 0.05) is 73.5 Å². The van der Waals surface area contributed by atoms with E-state index in [0.29, 0.717) is 80.6 Å². The number of unbranched alkanes of at least 4 members (excludes halogenated alkanes) is 1. The van der Waals surface area contributed by atoms with Crippen molar-refractivity contribution in [2.75, 3.05) is 46.3 Å². The summed E-state index contributed by atoms with van der Waals surface area (Å²) in [6.07, 6.45) is 0.729. The van der Waals surface area contributed by atoms with Crippen molar-refractivity contribution in [1.82, 2.24) is 117 Å². The smallest absolute Gasteiger partial charge is 0.328 e. The fourth-order valence-electron chi connectivity index (χ4n) is 16.2. The number of aromatic amines is 4. The molecule has 6 heterocycles. The number of nitrogens with zero attached hydrogens (tertiary/aromatic N) is 7. The summed E-state index contributed by atoms with van der Waals surface area (Å²) in [5.74, 6) is -13.5. The number of fused-ring (bicyclic) bond motifs is 7. The fraction of sp³-hybridized carbons (Fsp3) is 0.284. The van der Waals surface area contributed by atoms with Crippen molar-refractivity contribution in [3.63, 3.8) is 0 Å². The van der Waals surface area contributed by atoms with Gasteiger partial charge in [-0.25, -0.2) is 29.1 Å². The van der Waals surface area contributed by atoms with E-state index in [1.165, 1.54) is 72.8 Å². The van der Waals surface area contributed by atoms with Gasteiger partial charge in [0.05, 0.1) is 105 Å². The molecule has 48 heteroatoms. The number of H-pyrrole nitrogens is 4. The zero-order valence-corrected chi connectivity index (χ0v) is 76.8. The third-order valence-electron chi connectivity index (χ3n) is 23.4. The Balaban J connectivity index is 0.753. The van der Waals surface area contributed by atoms with Crippen molar-refractivity contribution >= 4 is 159 Å². The van der Waals surface area contributed by atoms with Crippen LogP contribution >= 0.6 is 0 Å². The topological polar surface area (TPSA) is 723 Å². The lowest BCUT2D eigenvalue weighted by molar-refractivity contribution is -0.140. The number of carbonyl (C=O) groups excluding carboxylic acids is 12. The molecule has 0 unspecified atom stereocenters. The van der Waals surface area contributed by atoms with Crippen LogP contribution in [0.4, 0.5) is 0 Å². The van der Waals surface area contributed by atoms with E-state index in [1.54, 1.807) is 84.9 Å². The van der Waals surface area contributed by atoms with Crippen LogP contribution in [-0.2, 0) is 74.1 Å². The number of benzene rings is 7. The highest BCUT2D eigenvalue weighted by Crippen LogP contribution is 2.28. The number of nitrogens with one attached hydrogen (secondary N) is 18. The molecule has 7 aromatic carbocycles. The summed E-state index contributed by atoms with van der Waals surface area (Å²) in [7, 11) is 1.01. The quantitative estimate of drug-likeness (QED) is 0.00775. The molecule has 13 aromatic rings. The molecule has 0 radical (unpaired) electrons. The number of pyridine rings is 2. The summed E-state index contributed by atoms with van der Waals surface area (Å²) >= 11 is 0. The van der Waals surface area contributed by atoms with Gasteiger partial charge in [-0.1, -0.05) is 109 Å². The summed E-state index contributed by atoms with van der Waals surface area (Å²) in [5.41, 5.74) is 10.9. The molecule has 0 aliphatic rings. The minimum atomic E-state index is -2.39. The van der Waals surface area contributed by atoms with Crippen LogP contribution < -0.4 is 126 Å². The second kappa shape index (κ2) is 47.1. The molecular formula is C95H102N28O20. The van der Waals surface area contributed by atoms with Crippen LogP contribution in [0, 0.1) is 10.8 Å². The first-order chi connectivity index (χ1) is 68.7. The molecule has 0 spiro atoms. The Hall–Kier alpha value is -18.4. The van der Waals surface area contributed by atoms with Crippen molar-refractivity contribution in [1.29, 1.82) is 10.8 Å². The van der Waals surface area contributed by atoms with E-state index >= 15 is 19.2 Å². The molecule has 0 saturated heterocycles.